The number of aliphatic hydroxyl groups excluding tert-OH is 2. The van der Waals surface area contributed by atoms with Crippen LogP contribution in [-0.2, 0) is 0 Å². The predicted molar refractivity (Wildman–Crippen MR) is 50.8 cm³/mol. The summed E-state index contributed by atoms with van der Waals surface area (Å²) in [6.45, 7) is 0.00762. The van der Waals surface area contributed by atoms with Crippen LogP contribution >= 0.6 is 15.9 Å². The molecule has 2 nitrogen and oxygen atoms in total. The molecule has 0 aliphatic heterocycles. The number of rotatable bonds is 3. The van der Waals surface area contributed by atoms with E-state index in [0.717, 1.165) is 10.0 Å². The molecule has 0 fully saturated rings. The molecule has 1 rings (SSSR count). The third-order valence-corrected chi connectivity index (χ3v) is 2.13. The second-order valence-corrected chi connectivity index (χ2v) is 3.50. The van der Waals surface area contributed by atoms with Gasteiger partial charge in [0.2, 0.25) is 0 Å². The number of halogens is 1. The van der Waals surface area contributed by atoms with E-state index in [2.05, 4.69) is 15.9 Å². The zero-order valence-corrected chi connectivity index (χ0v) is 8.16. The molecule has 66 valence electrons. The van der Waals surface area contributed by atoms with Crippen LogP contribution in [0.2, 0.25) is 0 Å². The van der Waals surface area contributed by atoms with Crippen molar-refractivity contribution in [3.8, 4) is 0 Å². The normalized spacial score (nSPS) is 12.9. The van der Waals surface area contributed by atoms with Crippen molar-refractivity contribution >= 4 is 15.9 Å². The highest BCUT2D eigenvalue weighted by atomic mass is 79.9. The van der Waals surface area contributed by atoms with Crippen molar-refractivity contribution in [1.29, 1.82) is 0 Å². The first-order chi connectivity index (χ1) is 5.74. The van der Waals surface area contributed by atoms with Gasteiger partial charge < -0.3 is 10.2 Å². The van der Waals surface area contributed by atoms with Crippen LogP contribution in [-0.4, -0.2) is 16.8 Å². The minimum Gasteiger partial charge on any atom is -0.396 e. The zero-order chi connectivity index (χ0) is 8.97. The fourth-order valence-electron chi connectivity index (χ4n) is 1.00. The number of hydrogen-bond acceptors (Lipinski definition) is 2. The van der Waals surface area contributed by atoms with E-state index in [1.807, 2.05) is 24.3 Å². The van der Waals surface area contributed by atoms with Gasteiger partial charge >= 0.3 is 0 Å². The third kappa shape index (κ3) is 2.59. The van der Waals surface area contributed by atoms with E-state index in [-0.39, 0.29) is 6.61 Å². The van der Waals surface area contributed by atoms with E-state index in [0.29, 0.717) is 6.42 Å². The molecule has 0 unspecified atom stereocenters. The van der Waals surface area contributed by atoms with Gasteiger partial charge in [0.05, 0.1) is 6.10 Å². The standard InChI is InChI=1S/C9H11BrO2/c10-8-3-1-2-7(6-8)9(12)4-5-11/h1-3,6,9,11-12H,4-5H2/t9-/m1/s1. The number of benzene rings is 1. The number of hydrogen-bond donors (Lipinski definition) is 2. The smallest absolute Gasteiger partial charge is 0.0812 e. The quantitative estimate of drug-likeness (QED) is 0.833. The van der Waals surface area contributed by atoms with Crippen molar-refractivity contribution in [1.82, 2.24) is 0 Å². The molecule has 0 aliphatic carbocycles. The fourth-order valence-corrected chi connectivity index (χ4v) is 1.42. The Morgan fingerprint density at radius 1 is 1.42 bits per heavy atom. The molecule has 12 heavy (non-hydrogen) atoms. The van der Waals surface area contributed by atoms with Gasteiger partial charge in [-0.25, -0.2) is 0 Å². The van der Waals surface area contributed by atoms with Crippen molar-refractivity contribution < 1.29 is 10.2 Å². The average molecular weight is 231 g/mol. The highest BCUT2D eigenvalue weighted by Crippen LogP contribution is 2.19. The number of aliphatic hydroxyl groups is 2. The SMILES string of the molecule is OCC[C@@H](O)c1cccc(Br)c1. The van der Waals surface area contributed by atoms with Crippen LogP contribution in [0.25, 0.3) is 0 Å². The molecule has 2 N–H and O–H groups in total. The topological polar surface area (TPSA) is 40.5 Å². The summed E-state index contributed by atoms with van der Waals surface area (Å²) in [4.78, 5) is 0. The highest BCUT2D eigenvalue weighted by molar-refractivity contribution is 9.10. The summed E-state index contributed by atoms with van der Waals surface area (Å²) in [7, 11) is 0. The Bertz CT molecular complexity index is 250. The van der Waals surface area contributed by atoms with Gasteiger partial charge in [0, 0.05) is 17.5 Å². The summed E-state index contributed by atoms with van der Waals surface area (Å²) >= 11 is 3.31. The Morgan fingerprint density at radius 3 is 2.75 bits per heavy atom. The second-order valence-electron chi connectivity index (χ2n) is 2.58. The van der Waals surface area contributed by atoms with E-state index in [9.17, 15) is 5.11 Å². The highest BCUT2D eigenvalue weighted by Gasteiger charge is 2.05. The molecule has 0 heterocycles. The lowest BCUT2D eigenvalue weighted by molar-refractivity contribution is 0.134. The van der Waals surface area contributed by atoms with Gasteiger partial charge in [-0.3, -0.25) is 0 Å². The van der Waals surface area contributed by atoms with Crippen molar-refractivity contribution in [2.24, 2.45) is 0 Å². The molecule has 0 amide bonds. The molecule has 0 bridgehead atoms. The molecule has 0 aromatic heterocycles. The first kappa shape index (κ1) is 9.71. The minimum absolute atomic E-state index is 0.00762. The molecule has 1 aromatic rings. The van der Waals surface area contributed by atoms with Crippen LogP contribution < -0.4 is 0 Å². The van der Waals surface area contributed by atoms with Crippen LogP contribution in [0.3, 0.4) is 0 Å². The van der Waals surface area contributed by atoms with Crippen LogP contribution in [0.1, 0.15) is 18.1 Å². The predicted octanol–water partition coefficient (Wildman–Crippen LogP) is 1.86. The van der Waals surface area contributed by atoms with E-state index in [1.54, 1.807) is 0 Å². The molecule has 1 atom stereocenters. The fraction of sp³-hybridized carbons (Fsp3) is 0.333. The Balaban J connectivity index is 2.73. The van der Waals surface area contributed by atoms with Crippen LogP contribution in [0.5, 0.6) is 0 Å². The molecule has 0 aliphatic rings. The van der Waals surface area contributed by atoms with Crippen LogP contribution in [0, 0.1) is 0 Å². The monoisotopic (exact) mass is 230 g/mol. The first-order valence-electron chi connectivity index (χ1n) is 3.78. The molecule has 0 saturated carbocycles. The van der Waals surface area contributed by atoms with E-state index in [4.69, 9.17) is 5.11 Å². The Morgan fingerprint density at radius 2 is 2.17 bits per heavy atom. The summed E-state index contributed by atoms with van der Waals surface area (Å²) < 4.78 is 0.942. The van der Waals surface area contributed by atoms with E-state index in [1.165, 1.54) is 0 Å². The summed E-state index contributed by atoms with van der Waals surface area (Å²) in [5.74, 6) is 0. The van der Waals surface area contributed by atoms with Gasteiger partial charge in [-0.15, -0.1) is 0 Å². The van der Waals surface area contributed by atoms with Gasteiger partial charge in [0.15, 0.2) is 0 Å². The Hall–Kier alpha value is -0.380. The Labute approximate surface area is 80.0 Å². The summed E-state index contributed by atoms with van der Waals surface area (Å²) in [6.07, 6.45) is -0.177. The van der Waals surface area contributed by atoms with Crippen LogP contribution in [0.4, 0.5) is 0 Å². The van der Waals surface area contributed by atoms with Gasteiger partial charge in [-0.05, 0) is 17.7 Å². The zero-order valence-electron chi connectivity index (χ0n) is 6.57. The van der Waals surface area contributed by atoms with Gasteiger partial charge in [0.25, 0.3) is 0 Å². The first-order valence-corrected chi connectivity index (χ1v) is 4.57. The van der Waals surface area contributed by atoms with Gasteiger partial charge in [0.1, 0.15) is 0 Å². The lowest BCUT2D eigenvalue weighted by Crippen LogP contribution is -1.99. The maximum atomic E-state index is 9.46. The molecule has 3 heteroatoms. The summed E-state index contributed by atoms with van der Waals surface area (Å²) in [6, 6.07) is 7.45. The van der Waals surface area contributed by atoms with E-state index < -0.39 is 6.10 Å². The largest absolute Gasteiger partial charge is 0.396 e. The Kier molecular flexibility index (Phi) is 3.72. The molecule has 0 radical (unpaired) electrons. The van der Waals surface area contributed by atoms with E-state index >= 15 is 0 Å². The molecule has 0 saturated heterocycles. The third-order valence-electron chi connectivity index (χ3n) is 1.64. The lowest BCUT2D eigenvalue weighted by atomic mass is 10.1. The molecule has 1 aromatic carbocycles. The van der Waals surface area contributed by atoms with Crippen molar-refractivity contribution in [2.75, 3.05) is 6.61 Å². The average Bonchev–Trinajstić information content (AvgIpc) is 2.05. The molecular formula is C9H11BrO2. The van der Waals surface area contributed by atoms with Crippen molar-refractivity contribution in [2.45, 2.75) is 12.5 Å². The second kappa shape index (κ2) is 4.60. The molecule has 0 spiro atoms. The molecular weight excluding hydrogens is 220 g/mol. The van der Waals surface area contributed by atoms with Crippen molar-refractivity contribution in [3.05, 3.63) is 34.3 Å². The minimum atomic E-state index is -0.563. The maximum absolute atomic E-state index is 9.46. The summed E-state index contributed by atoms with van der Waals surface area (Å²) in [5.41, 5.74) is 0.832. The van der Waals surface area contributed by atoms with Gasteiger partial charge in [-0.2, -0.15) is 0 Å². The van der Waals surface area contributed by atoms with Crippen LogP contribution in [0.15, 0.2) is 28.7 Å². The maximum Gasteiger partial charge on any atom is 0.0812 e. The lowest BCUT2D eigenvalue weighted by Gasteiger charge is -2.08. The summed E-state index contributed by atoms with van der Waals surface area (Å²) in [5, 5.41) is 18.1. The van der Waals surface area contributed by atoms with Crippen molar-refractivity contribution in [3.63, 3.8) is 0 Å². The van der Waals surface area contributed by atoms with Gasteiger partial charge in [-0.1, -0.05) is 28.1 Å².